The summed E-state index contributed by atoms with van der Waals surface area (Å²) in [5.41, 5.74) is 7.85. The van der Waals surface area contributed by atoms with E-state index in [2.05, 4.69) is 18.3 Å². The maximum Gasteiger partial charge on any atom is 0.0576 e. The number of nitrogens with two attached hydrogens (primary N) is 1. The average Bonchev–Trinajstić information content (AvgIpc) is 2.25. The molecule has 0 radical (unpaired) electrons. The van der Waals surface area contributed by atoms with Gasteiger partial charge in [-0.25, -0.2) is 0 Å². The van der Waals surface area contributed by atoms with Crippen molar-refractivity contribution in [2.24, 2.45) is 5.92 Å². The van der Waals surface area contributed by atoms with Gasteiger partial charge in [0.15, 0.2) is 0 Å². The summed E-state index contributed by atoms with van der Waals surface area (Å²) in [6.45, 7) is 2.34. The number of benzene rings is 1. The summed E-state index contributed by atoms with van der Waals surface area (Å²) in [6.07, 6.45) is 5.22. The van der Waals surface area contributed by atoms with Gasteiger partial charge >= 0.3 is 0 Å². The van der Waals surface area contributed by atoms with Crippen LogP contribution >= 0.6 is 0 Å². The molecule has 1 fully saturated rings. The molecule has 0 heterocycles. The van der Waals surface area contributed by atoms with Crippen LogP contribution in [0.3, 0.4) is 0 Å². The lowest BCUT2D eigenvalue weighted by atomic mass is 9.87. The van der Waals surface area contributed by atoms with Crippen molar-refractivity contribution in [3.63, 3.8) is 0 Å². The zero-order chi connectivity index (χ0) is 10.7. The number of anilines is 2. The van der Waals surface area contributed by atoms with Crippen LogP contribution in [0.5, 0.6) is 0 Å². The second-order valence-electron chi connectivity index (χ2n) is 4.69. The lowest BCUT2D eigenvalue weighted by Gasteiger charge is -2.28. The zero-order valence-corrected chi connectivity index (χ0v) is 9.37. The molecule has 0 aromatic heterocycles. The van der Waals surface area contributed by atoms with E-state index < -0.39 is 0 Å². The van der Waals surface area contributed by atoms with Crippen LogP contribution in [0, 0.1) is 5.92 Å². The molecule has 2 rings (SSSR count). The Morgan fingerprint density at radius 2 is 1.80 bits per heavy atom. The monoisotopic (exact) mass is 204 g/mol. The van der Waals surface area contributed by atoms with E-state index in [-0.39, 0.29) is 0 Å². The van der Waals surface area contributed by atoms with E-state index in [1.807, 2.05) is 18.2 Å². The third kappa shape index (κ3) is 2.65. The SMILES string of the molecule is CC1CCC(Nc2ccccc2N)CC1. The molecule has 0 saturated heterocycles. The average molecular weight is 204 g/mol. The van der Waals surface area contributed by atoms with Gasteiger partial charge in [0.25, 0.3) is 0 Å². The first kappa shape index (κ1) is 10.3. The Balaban J connectivity index is 1.95. The van der Waals surface area contributed by atoms with Gasteiger partial charge in [-0.1, -0.05) is 19.1 Å². The minimum atomic E-state index is 0.617. The normalized spacial score (nSPS) is 26.2. The summed E-state index contributed by atoms with van der Waals surface area (Å²) in [7, 11) is 0. The number of hydrogen-bond acceptors (Lipinski definition) is 2. The fraction of sp³-hybridized carbons (Fsp3) is 0.538. The molecule has 1 aromatic rings. The van der Waals surface area contributed by atoms with Crippen molar-refractivity contribution in [1.29, 1.82) is 0 Å². The summed E-state index contributed by atoms with van der Waals surface area (Å²) in [5.74, 6) is 0.899. The van der Waals surface area contributed by atoms with Gasteiger partial charge in [-0.15, -0.1) is 0 Å². The van der Waals surface area contributed by atoms with Crippen molar-refractivity contribution in [2.75, 3.05) is 11.1 Å². The highest BCUT2D eigenvalue weighted by molar-refractivity contribution is 5.65. The van der Waals surface area contributed by atoms with Gasteiger partial charge in [0.05, 0.1) is 11.4 Å². The fourth-order valence-electron chi connectivity index (χ4n) is 2.25. The molecule has 0 bridgehead atoms. The second kappa shape index (κ2) is 4.56. The van der Waals surface area contributed by atoms with E-state index in [0.29, 0.717) is 6.04 Å². The molecule has 0 atom stereocenters. The molecular formula is C13H20N2. The predicted molar refractivity (Wildman–Crippen MR) is 65.9 cm³/mol. The van der Waals surface area contributed by atoms with Crippen molar-refractivity contribution in [2.45, 2.75) is 38.6 Å². The highest BCUT2D eigenvalue weighted by Gasteiger charge is 2.18. The quantitative estimate of drug-likeness (QED) is 0.726. The van der Waals surface area contributed by atoms with E-state index in [9.17, 15) is 0 Å². The molecule has 82 valence electrons. The van der Waals surface area contributed by atoms with Gasteiger partial charge in [0, 0.05) is 6.04 Å². The van der Waals surface area contributed by atoms with E-state index in [0.717, 1.165) is 17.3 Å². The molecule has 1 aliphatic rings. The summed E-state index contributed by atoms with van der Waals surface area (Å²) < 4.78 is 0. The molecule has 2 nitrogen and oxygen atoms in total. The summed E-state index contributed by atoms with van der Waals surface area (Å²) in [4.78, 5) is 0. The molecule has 0 spiro atoms. The van der Waals surface area contributed by atoms with Crippen LogP contribution in [0.4, 0.5) is 11.4 Å². The first-order valence-corrected chi connectivity index (χ1v) is 5.87. The molecule has 2 heteroatoms. The van der Waals surface area contributed by atoms with Crippen molar-refractivity contribution < 1.29 is 0 Å². The van der Waals surface area contributed by atoms with Gasteiger partial charge in [0.1, 0.15) is 0 Å². The smallest absolute Gasteiger partial charge is 0.0576 e. The lowest BCUT2D eigenvalue weighted by Crippen LogP contribution is -2.25. The van der Waals surface area contributed by atoms with Crippen molar-refractivity contribution >= 4 is 11.4 Å². The van der Waals surface area contributed by atoms with E-state index in [1.165, 1.54) is 25.7 Å². The first-order valence-electron chi connectivity index (χ1n) is 5.87. The second-order valence-corrected chi connectivity index (χ2v) is 4.69. The number of para-hydroxylation sites is 2. The van der Waals surface area contributed by atoms with E-state index in [1.54, 1.807) is 0 Å². The number of nitrogens with one attached hydrogen (secondary N) is 1. The number of hydrogen-bond donors (Lipinski definition) is 2. The third-order valence-electron chi connectivity index (χ3n) is 3.34. The van der Waals surface area contributed by atoms with Crippen LogP contribution in [0.1, 0.15) is 32.6 Å². The third-order valence-corrected chi connectivity index (χ3v) is 3.34. The van der Waals surface area contributed by atoms with E-state index in [4.69, 9.17) is 5.73 Å². The highest BCUT2D eigenvalue weighted by atomic mass is 14.9. The van der Waals surface area contributed by atoms with Crippen LogP contribution in [0.2, 0.25) is 0 Å². The molecule has 0 amide bonds. The standard InChI is InChI=1S/C13H20N2/c1-10-6-8-11(9-7-10)15-13-5-3-2-4-12(13)14/h2-5,10-11,15H,6-9,14H2,1H3. The van der Waals surface area contributed by atoms with Crippen molar-refractivity contribution in [1.82, 2.24) is 0 Å². The fourth-order valence-corrected chi connectivity index (χ4v) is 2.25. The van der Waals surface area contributed by atoms with Gasteiger partial charge in [-0.3, -0.25) is 0 Å². The van der Waals surface area contributed by atoms with Crippen molar-refractivity contribution in [3.8, 4) is 0 Å². The van der Waals surface area contributed by atoms with Crippen LogP contribution < -0.4 is 11.1 Å². The summed E-state index contributed by atoms with van der Waals surface area (Å²) >= 11 is 0. The molecule has 3 N–H and O–H groups in total. The van der Waals surface area contributed by atoms with E-state index >= 15 is 0 Å². The minimum Gasteiger partial charge on any atom is -0.397 e. The molecule has 1 aromatic carbocycles. The molecule has 1 aliphatic carbocycles. The lowest BCUT2D eigenvalue weighted by molar-refractivity contribution is 0.361. The topological polar surface area (TPSA) is 38.0 Å². The highest BCUT2D eigenvalue weighted by Crippen LogP contribution is 2.27. The largest absolute Gasteiger partial charge is 0.397 e. The summed E-state index contributed by atoms with van der Waals surface area (Å²) in [5, 5.41) is 3.54. The Morgan fingerprint density at radius 3 is 2.47 bits per heavy atom. The zero-order valence-electron chi connectivity index (χ0n) is 9.37. The molecule has 15 heavy (non-hydrogen) atoms. The van der Waals surface area contributed by atoms with Gasteiger partial charge < -0.3 is 11.1 Å². The Bertz CT molecular complexity index is 314. The Labute approximate surface area is 91.9 Å². The van der Waals surface area contributed by atoms with Crippen LogP contribution in [0.25, 0.3) is 0 Å². The Hall–Kier alpha value is -1.18. The maximum absolute atomic E-state index is 5.90. The molecule has 0 aliphatic heterocycles. The molecular weight excluding hydrogens is 184 g/mol. The van der Waals surface area contributed by atoms with Gasteiger partial charge in [0.2, 0.25) is 0 Å². The van der Waals surface area contributed by atoms with Gasteiger partial charge in [-0.2, -0.15) is 0 Å². The maximum atomic E-state index is 5.90. The number of nitrogen functional groups attached to an aromatic ring is 1. The first-order chi connectivity index (χ1) is 7.25. The van der Waals surface area contributed by atoms with Crippen LogP contribution in [-0.4, -0.2) is 6.04 Å². The summed E-state index contributed by atoms with van der Waals surface area (Å²) in [6, 6.07) is 8.64. The van der Waals surface area contributed by atoms with Crippen molar-refractivity contribution in [3.05, 3.63) is 24.3 Å². The Morgan fingerprint density at radius 1 is 1.13 bits per heavy atom. The van der Waals surface area contributed by atoms with Crippen LogP contribution in [-0.2, 0) is 0 Å². The molecule has 0 unspecified atom stereocenters. The number of rotatable bonds is 2. The minimum absolute atomic E-state index is 0.617. The predicted octanol–water partition coefficient (Wildman–Crippen LogP) is 3.26. The molecule has 1 saturated carbocycles. The van der Waals surface area contributed by atoms with Gasteiger partial charge in [-0.05, 0) is 43.7 Å². The van der Waals surface area contributed by atoms with Crippen LogP contribution in [0.15, 0.2) is 24.3 Å². The Kier molecular flexibility index (Phi) is 3.14.